The molecule has 0 bridgehead atoms. The highest BCUT2D eigenvalue weighted by atomic mass is 31.2. The maximum atomic E-state index is 10.3. The van der Waals surface area contributed by atoms with Gasteiger partial charge in [-0.25, -0.2) is 4.57 Å². The highest BCUT2D eigenvalue weighted by molar-refractivity contribution is 7.46. The Kier molecular flexibility index (Phi) is 8.23. The Morgan fingerprint density at radius 1 is 1.27 bits per heavy atom. The van der Waals surface area contributed by atoms with Crippen LogP contribution < -0.4 is 0 Å². The van der Waals surface area contributed by atoms with Gasteiger partial charge in [-0.05, 0) is 6.42 Å². The lowest BCUT2D eigenvalue weighted by Crippen LogP contribution is -2.21. The van der Waals surface area contributed by atoms with Crippen LogP contribution in [-0.2, 0) is 13.8 Å². The number of hydrogen-bond donors (Lipinski definition) is 3. The van der Waals surface area contributed by atoms with Gasteiger partial charge in [-0.15, -0.1) is 0 Å². The van der Waals surface area contributed by atoms with Crippen molar-refractivity contribution in [3.05, 3.63) is 0 Å². The topological polar surface area (TPSA) is 96.2 Å². The van der Waals surface area contributed by atoms with E-state index >= 15 is 0 Å². The molecule has 0 rings (SSSR count). The van der Waals surface area contributed by atoms with E-state index < -0.39 is 20.5 Å². The molecule has 1 atom stereocenters. The maximum Gasteiger partial charge on any atom is 0.469 e. The van der Waals surface area contributed by atoms with Crippen molar-refractivity contribution in [1.82, 2.24) is 0 Å². The average Bonchev–Trinajstić information content (AvgIpc) is 2.13. The highest BCUT2D eigenvalue weighted by Crippen LogP contribution is 2.35. The Hall–Kier alpha value is 0.0300. The predicted octanol–water partition coefficient (Wildman–Crippen LogP) is 0.663. The summed E-state index contributed by atoms with van der Waals surface area (Å²) in [6.07, 6.45) is 2.07. The molecule has 0 saturated heterocycles. The summed E-state index contributed by atoms with van der Waals surface area (Å²) in [7, 11) is -4.48. The van der Waals surface area contributed by atoms with Gasteiger partial charge < -0.3 is 19.6 Å². The number of phosphoric acid groups is 1. The SMILES string of the molecule is CCCCCOC[C@@H](O)COP(=O)(O)O. The standard InChI is InChI=1S/C8H19O6P/c1-2-3-4-5-13-6-8(9)7-14-15(10,11)12/h8-9H,2-7H2,1H3,(H2,10,11,12)/t8-/m1/s1. The van der Waals surface area contributed by atoms with Crippen LogP contribution in [0.1, 0.15) is 26.2 Å². The number of unbranched alkanes of at least 4 members (excludes halogenated alkanes) is 2. The second kappa shape index (κ2) is 8.21. The summed E-state index contributed by atoms with van der Waals surface area (Å²) >= 11 is 0. The van der Waals surface area contributed by atoms with Gasteiger partial charge >= 0.3 is 7.82 Å². The van der Waals surface area contributed by atoms with Gasteiger partial charge in [0.15, 0.2) is 0 Å². The summed E-state index contributed by atoms with van der Waals surface area (Å²) in [4.78, 5) is 16.7. The molecule has 0 aliphatic carbocycles. The molecule has 0 amide bonds. The quantitative estimate of drug-likeness (QED) is 0.406. The van der Waals surface area contributed by atoms with Gasteiger partial charge in [0.05, 0.1) is 13.2 Å². The fraction of sp³-hybridized carbons (Fsp3) is 1.00. The number of hydrogen-bond acceptors (Lipinski definition) is 4. The van der Waals surface area contributed by atoms with Gasteiger partial charge in [0.25, 0.3) is 0 Å². The summed E-state index contributed by atoms with van der Waals surface area (Å²) < 4.78 is 19.5. The van der Waals surface area contributed by atoms with Crippen LogP contribution in [0.25, 0.3) is 0 Å². The van der Waals surface area contributed by atoms with E-state index in [1.165, 1.54) is 0 Å². The molecule has 0 spiro atoms. The third kappa shape index (κ3) is 12.0. The minimum absolute atomic E-state index is 0.0315. The predicted molar refractivity (Wildman–Crippen MR) is 54.3 cm³/mol. The first kappa shape index (κ1) is 15.0. The minimum Gasteiger partial charge on any atom is -0.388 e. The highest BCUT2D eigenvalue weighted by Gasteiger charge is 2.16. The zero-order valence-corrected chi connectivity index (χ0v) is 9.73. The molecule has 0 aliphatic heterocycles. The number of ether oxygens (including phenoxy) is 1. The van der Waals surface area contributed by atoms with Gasteiger partial charge in [-0.2, -0.15) is 0 Å². The lowest BCUT2D eigenvalue weighted by atomic mass is 10.3. The molecule has 7 heteroatoms. The molecule has 0 fully saturated rings. The van der Waals surface area contributed by atoms with Crippen LogP contribution in [-0.4, -0.2) is 40.8 Å². The molecule has 0 aromatic carbocycles. The Balaban J connectivity index is 3.33. The van der Waals surface area contributed by atoms with E-state index in [1.54, 1.807) is 0 Å². The first-order valence-electron chi connectivity index (χ1n) is 4.91. The molecular weight excluding hydrogens is 223 g/mol. The Morgan fingerprint density at radius 2 is 1.93 bits per heavy atom. The largest absolute Gasteiger partial charge is 0.469 e. The first-order valence-corrected chi connectivity index (χ1v) is 6.44. The number of rotatable bonds is 9. The first-order chi connectivity index (χ1) is 6.95. The Labute approximate surface area is 89.5 Å². The van der Waals surface area contributed by atoms with Crippen LogP contribution in [0.4, 0.5) is 0 Å². The van der Waals surface area contributed by atoms with Crippen molar-refractivity contribution >= 4 is 7.82 Å². The van der Waals surface area contributed by atoms with Crippen molar-refractivity contribution < 1.29 is 28.7 Å². The summed E-state index contributed by atoms with van der Waals surface area (Å²) in [6.45, 7) is 2.23. The van der Waals surface area contributed by atoms with E-state index in [0.29, 0.717) is 6.61 Å². The zero-order valence-electron chi connectivity index (χ0n) is 8.83. The molecule has 6 nitrogen and oxygen atoms in total. The van der Waals surface area contributed by atoms with E-state index in [1.807, 2.05) is 0 Å². The average molecular weight is 242 g/mol. The van der Waals surface area contributed by atoms with Gasteiger partial charge in [0.2, 0.25) is 0 Å². The van der Waals surface area contributed by atoms with E-state index in [-0.39, 0.29) is 6.61 Å². The molecule has 0 radical (unpaired) electrons. The van der Waals surface area contributed by atoms with Crippen molar-refractivity contribution in [2.45, 2.75) is 32.3 Å². The molecule has 0 heterocycles. The lowest BCUT2D eigenvalue weighted by molar-refractivity contribution is 0.00483. The van der Waals surface area contributed by atoms with E-state index in [9.17, 15) is 9.67 Å². The molecule has 0 unspecified atom stereocenters. The second-order valence-electron chi connectivity index (χ2n) is 3.22. The number of aliphatic hydroxyl groups excluding tert-OH is 1. The van der Waals surface area contributed by atoms with Crippen molar-refractivity contribution in [2.75, 3.05) is 19.8 Å². The van der Waals surface area contributed by atoms with Crippen LogP contribution >= 0.6 is 7.82 Å². The van der Waals surface area contributed by atoms with Gasteiger partial charge in [0.1, 0.15) is 6.10 Å². The smallest absolute Gasteiger partial charge is 0.388 e. The molecule has 0 aromatic heterocycles. The third-order valence-corrected chi connectivity index (χ3v) is 2.12. The molecule has 0 aromatic rings. The molecule has 0 aliphatic rings. The van der Waals surface area contributed by atoms with E-state index in [2.05, 4.69) is 11.4 Å². The summed E-state index contributed by atoms with van der Waals surface area (Å²) in [5.74, 6) is 0. The van der Waals surface area contributed by atoms with Crippen LogP contribution in [0.5, 0.6) is 0 Å². The van der Waals surface area contributed by atoms with E-state index in [4.69, 9.17) is 14.5 Å². The minimum atomic E-state index is -4.48. The molecule has 3 N–H and O–H groups in total. The zero-order chi connectivity index (χ0) is 11.7. The van der Waals surface area contributed by atoms with Gasteiger partial charge in [-0.1, -0.05) is 19.8 Å². The number of phosphoric ester groups is 1. The monoisotopic (exact) mass is 242 g/mol. The lowest BCUT2D eigenvalue weighted by Gasteiger charge is -2.11. The normalized spacial score (nSPS) is 14.1. The summed E-state index contributed by atoms with van der Waals surface area (Å²) in [5, 5.41) is 9.18. The second-order valence-corrected chi connectivity index (χ2v) is 4.46. The van der Waals surface area contributed by atoms with Crippen LogP contribution in [0.15, 0.2) is 0 Å². The third-order valence-electron chi connectivity index (χ3n) is 1.64. The van der Waals surface area contributed by atoms with E-state index in [0.717, 1.165) is 19.3 Å². The van der Waals surface area contributed by atoms with Crippen LogP contribution in [0.3, 0.4) is 0 Å². The maximum absolute atomic E-state index is 10.3. The molecule has 15 heavy (non-hydrogen) atoms. The van der Waals surface area contributed by atoms with Crippen molar-refractivity contribution in [3.63, 3.8) is 0 Å². The summed E-state index contributed by atoms with van der Waals surface area (Å²) in [6, 6.07) is 0. The van der Waals surface area contributed by atoms with Crippen molar-refractivity contribution in [1.29, 1.82) is 0 Å². The van der Waals surface area contributed by atoms with Crippen molar-refractivity contribution in [3.8, 4) is 0 Å². The fourth-order valence-corrected chi connectivity index (χ4v) is 1.27. The van der Waals surface area contributed by atoms with Gasteiger partial charge in [0, 0.05) is 6.61 Å². The van der Waals surface area contributed by atoms with Crippen molar-refractivity contribution in [2.24, 2.45) is 0 Å². The summed E-state index contributed by atoms with van der Waals surface area (Å²) in [5.41, 5.74) is 0. The molecule has 92 valence electrons. The molecular formula is C8H19O6P. The molecule has 0 saturated carbocycles. The van der Waals surface area contributed by atoms with Crippen LogP contribution in [0.2, 0.25) is 0 Å². The Morgan fingerprint density at radius 3 is 2.47 bits per heavy atom. The fourth-order valence-electron chi connectivity index (χ4n) is 0.905. The Bertz CT molecular complexity index is 192. The van der Waals surface area contributed by atoms with Crippen LogP contribution in [0, 0.1) is 0 Å². The van der Waals surface area contributed by atoms with Gasteiger partial charge in [-0.3, -0.25) is 4.52 Å². The number of aliphatic hydroxyl groups is 1.